The van der Waals surface area contributed by atoms with Gasteiger partial charge < -0.3 is 10.6 Å². The molecule has 136 valence electrons. The van der Waals surface area contributed by atoms with Crippen molar-refractivity contribution in [3.63, 3.8) is 0 Å². The molecule has 0 saturated carbocycles. The first-order valence-electron chi connectivity index (χ1n) is 9.01. The minimum Gasteiger partial charge on any atom is -0.354 e. The van der Waals surface area contributed by atoms with Crippen molar-refractivity contribution in [1.82, 2.24) is 15.5 Å². The van der Waals surface area contributed by atoms with Gasteiger partial charge in [-0.2, -0.15) is 5.26 Å². The van der Waals surface area contributed by atoms with E-state index in [1.807, 2.05) is 35.6 Å². The van der Waals surface area contributed by atoms with Crippen LogP contribution in [0.25, 0.3) is 0 Å². The molecule has 0 aliphatic carbocycles. The van der Waals surface area contributed by atoms with Crippen LogP contribution >= 0.6 is 11.3 Å². The van der Waals surface area contributed by atoms with Gasteiger partial charge >= 0.3 is 0 Å². The van der Waals surface area contributed by atoms with Gasteiger partial charge in [0.15, 0.2) is 5.96 Å². The van der Waals surface area contributed by atoms with Gasteiger partial charge in [-0.3, -0.25) is 9.89 Å². The summed E-state index contributed by atoms with van der Waals surface area (Å²) in [6.07, 6.45) is 2.56. The predicted molar refractivity (Wildman–Crippen MR) is 107 cm³/mol. The molecule has 1 fully saturated rings. The summed E-state index contributed by atoms with van der Waals surface area (Å²) in [6.45, 7) is 3.80. The Morgan fingerprint density at radius 2 is 2.12 bits per heavy atom. The third-order valence-corrected chi connectivity index (χ3v) is 5.63. The molecule has 3 rings (SSSR count). The molecule has 26 heavy (non-hydrogen) atoms. The van der Waals surface area contributed by atoms with E-state index in [2.05, 4.69) is 44.1 Å². The number of benzene rings is 1. The normalized spacial score (nSPS) is 16.2. The van der Waals surface area contributed by atoms with Crippen molar-refractivity contribution in [2.45, 2.75) is 25.4 Å². The average Bonchev–Trinajstić information content (AvgIpc) is 3.39. The molecular weight excluding hydrogens is 342 g/mol. The second kappa shape index (κ2) is 9.37. The highest BCUT2D eigenvalue weighted by Gasteiger charge is 2.24. The molecule has 1 aromatic heterocycles. The number of nitriles is 1. The number of likely N-dealkylation sites (tertiary alicyclic amines) is 1. The zero-order valence-corrected chi connectivity index (χ0v) is 15.9. The highest BCUT2D eigenvalue weighted by molar-refractivity contribution is 7.10. The van der Waals surface area contributed by atoms with E-state index in [0.717, 1.165) is 31.2 Å². The number of rotatable bonds is 6. The maximum Gasteiger partial charge on any atom is 0.191 e. The van der Waals surface area contributed by atoms with Gasteiger partial charge in [0.1, 0.15) is 0 Å². The standard InChI is InChI=1S/C20H25N5S/c1-22-20(23-14-17-7-4-6-16(12-17)13-21)24-15-18(19-8-5-11-26-19)25-9-2-3-10-25/h4-8,11-12,18H,2-3,9-10,14-15H2,1H3,(H2,22,23,24). The minimum atomic E-state index is 0.387. The Labute approximate surface area is 159 Å². The average molecular weight is 368 g/mol. The van der Waals surface area contributed by atoms with Crippen molar-refractivity contribution in [2.24, 2.45) is 4.99 Å². The van der Waals surface area contributed by atoms with Gasteiger partial charge in [-0.05, 0) is 55.1 Å². The summed E-state index contributed by atoms with van der Waals surface area (Å²) < 4.78 is 0. The largest absolute Gasteiger partial charge is 0.354 e. The Hall–Kier alpha value is -2.36. The number of thiophene rings is 1. The number of hydrogen-bond donors (Lipinski definition) is 2. The molecule has 1 atom stereocenters. The fourth-order valence-electron chi connectivity index (χ4n) is 3.29. The zero-order valence-electron chi connectivity index (χ0n) is 15.1. The lowest BCUT2D eigenvalue weighted by Crippen LogP contribution is -2.42. The van der Waals surface area contributed by atoms with Gasteiger partial charge in [-0.15, -0.1) is 11.3 Å². The van der Waals surface area contributed by atoms with Gasteiger partial charge in [0, 0.05) is 25.0 Å². The summed E-state index contributed by atoms with van der Waals surface area (Å²) in [7, 11) is 1.79. The third kappa shape index (κ3) is 4.84. The Morgan fingerprint density at radius 3 is 2.81 bits per heavy atom. The molecule has 1 saturated heterocycles. The molecule has 0 bridgehead atoms. The van der Waals surface area contributed by atoms with Crippen LogP contribution in [0.4, 0.5) is 0 Å². The lowest BCUT2D eigenvalue weighted by Gasteiger charge is -2.27. The number of aliphatic imine (C=N–C) groups is 1. The fraction of sp³-hybridized carbons (Fsp3) is 0.400. The topological polar surface area (TPSA) is 63.5 Å². The number of nitrogens with zero attached hydrogens (tertiary/aromatic N) is 3. The smallest absolute Gasteiger partial charge is 0.191 e. The molecule has 5 nitrogen and oxygen atoms in total. The predicted octanol–water partition coefficient (Wildman–Crippen LogP) is 3.12. The Bertz CT molecular complexity index is 757. The Morgan fingerprint density at radius 1 is 1.27 bits per heavy atom. The van der Waals surface area contributed by atoms with Crippen LogP contribution < -0.4 is 10.6 Å². The summed E-state index contributed by atoms with van der Waals surface area (Å²) in [5.74, 6) is 0.785. The summed E-state index contributed by atoms with van der Waals surface area (Å²) >= 11 is 1.82. The SMILES string of the molecule is CN=C(NCc1cccc(C#N)c1)NCC(c1cccs1)N1CCCC1. The van der Waals surface area contributed by atoms with Crippen LogP contribution in [0, 0.1) is 11.3 Å². The Kier molecular flexibility index (Phi) is 6.64. The van der Waals surface area contributed by atoms with E-state index in [1.54, 1.807) is 7.05 Å². The van der Waals surface area contributed by atoms with Crippen molar-refractivity contribution < 1.29 is 0 Å². The lowest BCUT2D eigenvalue weighted by molar-refractivity contribution is 0.249. The maximum atomic E-state index is 9.02. The molecule has 0 amide bonds. The van der Waals surface area contributed by atoms with E-state index in [0.29, 0.717) is 18.2 Å². The molecule has 2 N–H and O–H groups in total. The fourth-order valence-corrected chi connectivity index (χ4v) is 4.16. The Balaban J connectivity index is 1.57. The maximum absolute atomic E-state index is 9.02. The number of nitrogens with one attached hydrogen (secondary N) is 2. The van der Waals surface area contributed by atoms with Crippen LogP contribution in [0.3, 0.4) is 0 Å². The van der Waals surface area contributed by atoms with Crippen LogP contribution in [0.2, 0.25) is 0 Å². The van der Waals surface area contributed by atoms with Gasteiger partial charge in [-0.1, -0.05) is 18.2 Å². The van der Waals surface area contributed by atoms with E-state index in [1.165, 1.54) is 17.7 Å². The first kappa shape index (κ1) is 18.4. The van der Waals surface area contributed by atoms with Crippen molar-refractivity contribution in [3.05, 3.63) is 57.8 Å². The molecule has 1 aliphatic heterocycles. The number of guanidine groups is 1. The van der Waals surface area contributed by atoms with E-state index < -0.39 is 0 Å². The second-order valence-corrected chi connectivity index (χ2v) is 7.37. The first-order chi connectivity index (χ1) is 12.8. The lowest BCUT2D eigenvalue weighted by atomic mass is 10.1. The molecule has 6 heteroatoms. The van der Waals surface area contributed by atoms with Crippen molar-refractivity contribution in [2.75, 3.05) is 26.7 Å². The van der Waals surface area contributed by atoms with E-state index in [9.17, 15) is 0 Å². The molecule has 2 heterocycles. The van der Waals surface area contributed by atoms with Crippen LogP contribution in [0.15, 0.2) is 46.8 Å². The third-order valence-electron chi connectivity index (χ3n) is 4.66. The van der Waals surface area contributed by atoms with Crippen molar-refractivity contribution in [3.8, 4) is 6.07 Å². The van der Waals surface area contributed by atoms with Crippen LogP contribution in [0.5, 0.6) is 0 Å². The summed E-state index contributed by atoms with van der Waals surface area (Å²) in [6, 6.07) is 14.6. The van der Waals surface area contributed by atoms with Gasteiger partial charge in [0.05, 0.1) is 17.7 Å². The van der Waals surface area contributed by atoms with E-state index in [4.69, 9.17) is 5.26 Å². The molecular formula is C20H25N5S. The summed E-state index contributed by atoms with van der Waals surface area (Å²) in [4.78, 5) is 8.30. The van der Waals surface area contributed by atoms with Crippen LogP contribution in [-0.2, 0) is 6.54 Å². The summed E-state index contributed by atoms with van der Waals surface area (Å²) in [5.41, 5.74) is 1.75. The monoisotopic (exact) mass is 367 g/mol. The molecule has 0 spiro atoms. The molecule has 1 unspecified atom stereocenters. The van der Waals surface area contributed by atoms with Gasteiger partial charge in [0.25, 0.3) is 0 Å². The van der Waals surface area contributed by atoms with Gasteiger partial charge in [0.2, 0.25) is 0 Å². The minimum absolute atomic E-state index is 0.387. The van der Waals surface area contributed by atoms with Crippen LogP contribution in [-0.4, -0.2) is 37.5 Å². The highest BCUT2D eigenvalue weighted by atomic mass is 32.1. The molecule has 1 aromatic carbocycles. The quantitative estimate of drug-likeness (QED) is 0.608. The molecule has 1 aliphatic rings. The van der Waals surface area contributed by atoms with Crippen LogP contribution in [0.1, 0.15) is 34.9 Å². The summed E-state index contributed by atoms with van der Waals surface area (Å²) in [5, 5.41) is 18.0. The highest BCUT2D eigenvalue weighted by Crippen LogP contribution is 2.27. The van der Waals surface area contributed by atoms with Crippen molar-refractivity contribution in [1.29, 1.82) is 5.26 Å². The zero-order chi connectivity index (χ0) is 18.2. The van der Waals surface area contributed by atoms with Gasteiger partial charge in [-0.25, -0.2) is 0 Å². The molecule has 2 aromatic rings. The number of hydrogen-bond acceptors (Lipinski definition) is 4. The second-order valence-electron chi connectivity index (χ2n) is 6.39. The molecule has 0 radical (unpaired) electrons. The first-order valence-corrected chi connectivity index (χ1v) is 9.89. The van der Waals surface area contributed by atoms with E-state index >= 15 is 0 Å². The van der Waals surface area contributed by atoms with Crippen molar-refractivity contribution >= 4 is 17.3 Å². The van der Waals surface area contributed by atoms with E-state index in [-0.39, 0.29) is 0 Å².